The van der Waals surface area contributed by atoms with E-state index in [-0.39, 0.29) is 0 Å². The summed E-state index contributed by atoms with van der Waals surface area (Å²) in [7, 11) is 1.79. The van der Waals surface area contributed by atoms with Crippen molar-refractivity contribution >= 4 is 11.9 Å². The number of hydrogen-bond acceptors (Lipinski definition) is 4. The lowest BCUT2D eigenvalue weighted by molar-refractivity contribution is -0.140. The van der Waals surface area contributed by atoms with Crippen molar-refractivity contribution < 1.29 is 9.90 Å². The molecule has 1 rings (SSSR count). The van der Waals surface area contributed by atoms with Crippen LogP contribution in [-0.2, 0) is 4.79 Å². The van der Waals surface area contributed by atoms with E-state index in [1.165, 1.54) is 0 Å². The second-order valence-electron chi connectivity index (χ2n) is 3.62. The van der Waals surface area contributed by atoms with Gasteiger partial charge in [0.1, 0.15) is 0 Å². The van der Waals surface area contributed by atoms with E-state index in [2.05, 4.69) is 9.97 Å². The van der Waals surface area contributed by atoms with Gasteiger partial charge in [-0.1, -0.05) is 6.92 Å². The molecule has 1 atom stereocenters. The zero-order valence-electron chi connectivity index (χ0n) is 9.14. The number of carboxylic acids is 1. The monoisotopic (exact) mass is 209 g/mol. The Hall–Kier alpha value is -1.65. The van der Waals surface area contributed by atoms with E-state index in [4.69, 9.17) is 5.11 Å². The van der Waals surface area contributed by atoms with Crippen molar-refractivity contribution in [3.8, 4) is 0 Å². The molecule has 0 radical (unpaired) electrons. The number of carboxylic acid groups (broad SMARTS) is 1. The molecule has 1 unspecified atom stereocenters. The highest BCUT2D eigenvalue weighted by molar-refractivity contribution is 5.70. The van der Waals surface area contributed by atoms with Crippen LogP contribution in [0.1, 0.15) is 12.6 Å². The van der Waals surface area contributed by atoms with E-state index in [0.29, 0.717) is 12.5 Å². The fourth-order valence-corrected chi connectivity index (χ4v) is 1.19. The number of carbonyl (C=O) groups is 1. The second kappa shape index (κ2) is 4.72. The fourth-order valence-electron chi connectivity index (χ4n) is 1.19. The van der Waals surface area contributed by atoms with E-state index in [1.807, 2.05) is 6.92 Å². The number of rotatable bonds is 4. The summed E-state index contributed by atoms with van der Waals surface area (Å²) in [6.07, 6.45) is 1.67. The minimum atomic E-state index is -0.811. The van der Waals surface area contributed by atoms with Crippen LogP contribution in [0.15, 0.2) is 12.3 Å². The molecule has 0 bridgehead atoms. The van der Waals surface area contributed by atoms with E-state index < -0.39 is 11.9 Å². The number of aromatic nitrogens is 2. The first-order valence-electron chi connectivity index (χ1n) is 4.74. The van der Waals surface area contributed by atoms with E-state index in [9.17, 15) is 4.79 Å². The van der Waals surface area contributed by atoms with Crippen molar-refractivity contribution in [3.05, 3.63) is 18.0 Å². The Kier molecular flexibility index (Phi) is 3.60. The summed E-state index contributed by atoms with van der Waals surface area (Å²) in [5.41, 5.74) is 0.870. The van der Waals surface area contributed by atoms with Crippen LogP contribution in [-0.4, -0.2) is 34.6 Å². The van der Waals surface area contributed by atoms with Crippen LogP contribution in [0.5, 0.6) is 0 Å². The highest BCUT2D eigenvalue weighted by Gasteiger charge is 2.15. The molecule has 1 heterocycles. The molecule has 5 nitrogen and oxygen atoms in total. The predicted molar refractivity (Wildman–Crippen MR) is 56.8 cm³/mol. The molecule has 0 aliphatic heterocycles. The summed E-state index contributed by atoms with van der Waals surface area (Å²) >= 11 is 0. The summed E-state index contributed by atoms with van der Waals surface area (Å²) in [4.78, 5) is 20.7. The normalized spacial score (nSPS) is 12.2. The van der Waals surface area contributed by atoms with Gasteiger partial charge in [0, 0.05) is 25.5 Å². The Morgan fingerprint density at radius 3 is 2.87 bits per heavy atom. The number of nitrogens with zero attached hydrogens (tertiary/aromatic N) is 3. The van der Waals surface area contributed by atoms with Crippen molar-refractivity contribution in [1.29, 1.82) is 0 Å². The molecule has 1 aromatic rings. The van der Waals surface area contributed by atoms with Crippen LogP contribution in [0, 0.1) is 12.8 Å². The summed E-state index contributed by atoms with van der Waals surface area (Å²) in [5.74, 6) is -0.684. The minimum absolute atomic E-state index is 0.402. The molecule has 1 aromatic heterocycles. The number of anilines is 1. The molecular weight excluding hydrogens is 194 g/mol. The van der Waals surface area contributed by atoms with Crippen LogP contribution in [0.25, 0.3) is 0 Å². The molecule has 5 heteroatoms. The third kappa shape index (κ3) is 3.19. The molecule has 0 fully saturated rings. The molecular formula is C10H15N3O2. The van der Waals surface area contributed by atoms with Crippen molar-refractivity contribution in [1.82, 2.24) is 9.97 Å². The van der Waals surface area contributed by atoms with Gasteiger partial charge in [-0.3, -0.25) is 4.79 Å². The first-order valence-corrected chi connectivity index (χ1v) is 4.74. The molecule has 0 amide bonds. The van der Waals surface area contributed by atoms with Gasteiger partial charge in [0.15, 0.2) is 0 Å². The van der Waals surface area contributed by atoms with Gasteiger partial charge in [0.2, 0.25) is 5.95 Å². The fraction of sp³-hybridized carbons (Fsp3) is 0.500. The minimum Gasteiger partial charge on any atom is -0.481 e. The predicted octanol–water partition coefficient (Wildman–Crippen LogP) is 0.942. The lowest BCUT2D eigenvalue weighted by Crippen LogP contribution is -2.29. The molecule has 1 N–H and O–H groups in total. The van der Waals surface area contributed by atoms with Crippen LogP contribution in [0.2, 0.25) is 0 Å². The maximum absolute atomic E-state index is 10.7. The van der Waals surface area contributed by atoms with Crippen LogP contribution >= 0.6 is 0 Å². The van der Waals surface area contributed by atoms with Crippen molar-refractivity contribution in [3.63, 3.8) is 0 Å². The van der Waals surface area contributed by atoms with Crippen LogP contribution in [0.4, 0.5) is 5.95 Å². The Morgan fingerprint density at radius 1 is 1.67 bits per heavy atom. The smallest absolute Gasteiger partial charge is 0.308 e. The van der Waals surface area contributed by atoms with Crippen molar-refractivity contribution in [2.75, 3.05) is 18.5 Å². The molecule has 0 aliphatic carbocycles. The molecule has 0 saturated carbocycles. The average molecular weight is 209 g/mol. The lowest BCUT2D eigenvalue weighted by Gasteiger charge is -2.19. The summed E-state index contributed by atoms with van der Waals surface area (Å²) in [5, 5.41) is 8.76. The SMILES string of the molecule is Cc1ccnc(N(C)CC(C)C(=O)O)n1. The van der Waals surface area contributed by atoms with Gasteiger partial charge in [0.25, 0.3) is 0 Å². The van der Waals surface area contributed by atoms with Gasteiger partial charge in [-0.05, 0) is 13.0 Å². The summed E-state index contributed by atoms with van der Waals surface area (Å²) in [6.45, 7) is 3.94. The lowest BCUT2D eigenvalue weighted by atomic mass is 10.2. The van der Waals surface area contributed by atoms with Gasteiger partial charge >= 0.3 is 5.97 Å². The molecule has 0 saturated heterocycles. The summed E-state index contributed by atoms with van der Waals surface area (Å²) in [6, 6.07) is 1.80. The average Bonchev–Trinajstić information content (AvgIpc) is 2.17. The van der Waals surface area contributed by atoms with Crippen LogP contribution < -0.4 is 4.90 Å². The topological polar surface area (TPSA) is 66.3 Å². The molecule has 0 spiro atoms. The molecule has 0 aromatic carbocycles. The highest BCUT2D eigenvalue weighted by atomic mass is 16.4. The standard InChI is InChI=1S/C10H15N3O2/c1-7(9(14)15)6-13(3)10-11-5-4-8(2)12-10/h4-5,7H,6H2,1-3H3,(H,14,15). The third-order valence-electron chi connectivity index (χ3n) is 2.09. The Morgan fingerprint density at radius 2 is 2.33 bits per heavy atom. The largest absolute Gasteiger partial charge is 0.481 e. The van der Waals surface area contributed by atoms with Crippen LogP contribution in [0.3, 0.4) is 0 Å². The molecule has 15 heavy (non-hydrogen) atoms. The van der Waals surface area contributed by atoms with E-state index >= 15 is 0 Å². The van der Waals surface area contributed by atoms with Gasteiger partial charge in [-0.15, -0.1) is 0 Å². The Balaban J connectivity index is 2.68. The first-order chi connectivity index (χ1) is 7.00. The van der Waals surface area contributed by atoms with E-state index in [0.717, 1.165) is 5.69 Å². The Bertz CT molecular complexity index is 354. The first kappa shape index (κ1) is 11.4. The number of aryl methyl sites for hydroxylation is 1. The molecule has 0 aliphatic rings. The maximum atomic E-state index is 10.7. The number of aliphatic carboxylic acids is 1. The maximum Gasteiger partial charge on any atom is 0.308 e. The quantitative estimate of drug-likeness (QED) is 0.799. The van der Waals surface area contributed by atoms with E-state index in [1.54, 1.807) is 31.1 Å². The van der Waals surface area contributed by atoms with Crippen molar-refractivity contribution in [2.24, 2.45) is 5.92 Å². The highest BCUT2D eigenvalue weighted by Crippen LogP contribution is 2.07. The second-order valence-corrected chi connectivity index (χ2v) is 3.62. The zero-order valence-corrected chi connectivity index (χ0v) is 9.14. The van der Waals surface area contributed by atoms with Gasteiger partial charge in [0.05, 0.1) is 5.92 Å². The molecule has 82 valence electrons. The van der Waals surface area contributed by atoms with Gasteiger partial charge in [-0.25, -0.2) is 9.97 Å². The Labute approximate surface area is 88.8 Å². The summed E-state index contributed by atoms with van der Waals surface area (Å²) < 4.78 is 0. The van der Waals surface area contributed by atoms with Crippen molar-refractivity contribution in [2.45, 2.75) is 13.8 Å². The van der Waals surface area contributed by atoms with Gasteiger partial charge < -0.3 is 10.0 Å². The zero-order chi connectivity index (χ0) is 11.4. The van der Waals surface area contributed by atoms with Gasteiger partial charge in [-0.2, -0.15) is 0 Å². The number of hydrogen-bond donors (Lipinski definition) is 1. The third-order valence-corrected chi connectivity index (χ3v) is 2.09.